The lowest BCUT2D eigenvalue weighted by molar-refractivity contribution is -0.944. The number of hydrogen-bond acceptors (Lipinski definition) is 1. The Morgan fingerprint density at radius 1 is 0.760 bits per heavy atom. The minimum absolute atomic E-state index is 0.213. The molecule has 1 atom stereocenters. The van der Waals surface area contributed by atoms with Crippen molar-refractivity contribution in [2.24, 2.45) is 5.92 Å². The van der Waals surface area contributed by atoms with E-state index in [1.165, 1.54) is 66.5 Å². The van der Waals surface area contributed by atoms with Crippen molar-refractivity contribution in [3.05, 3.63) is 126 Å². The molecule has 1 spiro atoms. The van der Waals surface area contributed by atoms with Gasteiger partial charge < -0.3 is 4.42 Å². The number of rotatable bonds is 4. The quantitative estimate of drug-likeness (QED) is 0.135. The second-order valence-electron chi connectivity index (χ2n) is 16.3. The van der Waals surface area contributed by atoms with Crippen molar-refractivity contribution >= 4 is 57.0 Å². The van der Waals surface area contributed by atoms with Gasteiger partial charge in [-0.15, -0.1) is 9.13 Å². The Hall–Kier alpha value is -5.00. The van der Waals surface area contributed by atoms with Crippen molar-refractivity contribution in [1.29, 1.82) is 0 Å². The zero-order chi connectivity index (χ0) is 34.3. The van der Waals surface area contributed by atoms with Crippen LogP contribution in [0.1, 0.15) is 50.4 Å². The van der Waals surface area contributed by atoms with Crippen molar-refractivity contribution in [2.45, 2.75) is 65.5 Å². The fourth-order valence-corrected chi connectivity index (χ4v) is 11.1. The third-order valence-corrected chi connectivity index (χ3v) is 13.4. The normalized spacial score (nSPS) is 16.4. The lowest BCUT2D eigenvalue weighted by atomic mass is 9.88. The first-order chi connectivity index (χ1) is 24.1. The Morgan fingerprint density at radius 2 is 1.50 bits per heavy atom. The van der Waals surface area contributed by atoms with Gasteiger partial charge in [0, 0.05) is 27.4 Å². The van der Waals surface area contributed by atoms with Gasteiger partial charge in [-0.05, 0) is 85.7 Å². The molecule has 5 aromatic carbocycles. The van der Waals surface area contributed by atoms with Crippen molar-refractivity contribution in [3.63, 3.8) is 0 Å². The van der Waals surface area contributed by atoms with Crippen LogP contribution in [0.4, 0.5) is 0 Å². The fourth-order valence-electron chi connectivity index (χ4n) is 9.49. The van der Waals surface area contributed by atoms with E-state index in [9.17, 15) is 0 Å². The summed E-state index contributed by atoms with van der Waals surface area (Å²) in [6.07, 6.45) is 3.66. The van der Waals surface area contributed by atoms with Gasteiger partial charge in [-0.2, -0.15) is 0 Å². The number of imidazole rings is 1. The first-order valence-electron chi connectivity index (χ1n) is 18.2. The molecule has 4 nitrogen and oxygen atoms in total. The zero-order valence-electron chi connectivity index (χ0n) is 30.0. The van der Waals surface area contributed by atoms with Gasteiger partial charge in [-0.1, -0.05) is 82.0 Å². The highest BCUT2D eigenvalue weighted by Gasteiger charge is 2.67. The van der Waals surface area contributed by atoms with E-state index in [4.69, 9.17) is 4.42 Å². The summed E-state index contributed by atoms with van der Waals surface area (Å²) in [5.41, 5.74) is 11.7. The van der Waals surface area contributed by atoms with Gasteiger partial charge in [0.2, 0.25) is 5.69 Å². The van der Waals surface area contributed by atoms with Crippen molar-refractivity contribution < 1.29 is 13.6 Å². The van der Waals surface area contributed by atoms with E-state index in [0.717, 1.165) is 23.0 Å². The molecule has 0 amide bonds. The topological polar surface area (TPSA) is 25.8 Å². The monoisotopic (exact) mass is 669 g/mol. The number of hydrogen-bond donors (Lipinski definition) is 0. The summed E-state index contributed by atoms with van der Waals surface area (Å²) in [6.45, 7) is 16.9. The SMILES string of the molecule is CC(C)Cc1cc2[n+](cc1[Si](C)(C)C)C1(c3ccccc3-2)c2ccc3c(oc4ccccc43)c2-c2n(C(C)C)c3ccc4ccccc4c3[n+]21. The maximum absolute atomic E-state index is 6.96. The summed E-state index contributed by atoms with van der Waals surface area (Å²) >= 11 is 0. The average molecular weight is 670 g/mol. The van der Waals surface area contributed by atoms with Crippen molar-refractivity contribution in [1.82, 2.24) is 4.57 Å². The van der Waals surface area contributed by atoms with Crippen LogP contribution in [-0.4, -0.2) is 12.6 Å². The van der Waals surface area contributed by atoms with E-state index in [-0.39, 0.29) is 6.04 Å². The maximum atomic E-state index is 6.96. The van der Waals surface area contributed by atoms with Gasteiger partial charge in [-0.3, -0.25) is 0 Å². The Labute approximate surface area is 294 Å². The molecule has 0 radical (unpaired) electrons. The summed E-state index contributed by atoms with van der Waals surface area (Å²) in [6, 6.07) is 38.8. The largest absolute Gasteiger partial charge is 0.455 e. The second kappa shape index (κ2) is 10.0. The van der Waals surface area contributed by atoms with Crippen LogP contribution in [-0.2, 0) is 12.1 Å². The predicted molar refractivity (Wildman–Crippen MR) is 208 cm³/mol. The Bertz CT molecular complexity index is 2740. The third-order valence-electron chi connectivity index (χ3n) is 11.3. The maximum Gasteiger partial charge on any atom is 0.364 e. The molecule has 5 heterocycles. The highest BCUT2D eigenvalue weighted by molar-refractivity contribution is 6.89. The smallest absolute Gasteiger partial charge is 0.364 e. The van der Waals surface area contributed by atoms with Gasteiger partial charge in [-0.25, -0.2) is 4.57 Å². The number of para-hydroxylation sites is 1. The van der Waals surface area contributed by atoms with Crippen LogP contribution in [0.15, 0.2) is 114 Å². The summed E-state index contributed by atoms with van der Waals surface area (Å²) in [5, 5.41) is 6.39. The average Bonchev–Trinajstić information content (AvgIpc) is 3.80. The van der Waals surface area contributed by atoms with Crippen molar-refractivity contribution in [3.8, 4) is 22.6 Å². The van der Waals surface area contributed by atoms with E-state index >= 15 is 0 Å². The first-order valence-corrected chi connectivity index (χ1v) is 21.7. The van der Waals surface area contributed by atoms with Crippen LogP contribution in [0.2, 0.25) is 19.6 Å². The van der Waals surface area contributed by atoms with E-state index in [0.29, 0.717) is 5.92 Å². The molecule has 2 aliphatic heterocycles. The molecular weight excluding hydrogens is 627 g/mol. The number of nitrogens with zero attached hydrogens (tertiary/aromatic N) is 3. The molecule has 1 unspecified atom stereocenters. The van der Waals surface area contributed by atoms with E-state index in [2.05, 4.69) is 170 Å². The van der Waals surface area contributed by atoms with Gasteiger partial charge in [0.25, 0.3) is 0 Å². The second-order valence-corrected chi connectivity index (χ2v) is 21.3. The molecule has 3 aromatic heterocycles. The van der Waals surface area contributed by atoms with Crippen LogP contribution in [0.5, 0.6) is 0 Å². The fraction of sp³-hybridized carbons (Fsp3) is 0.244. The van der Waals surface area contributed by atoms with Gasteiger partial charge >= 0.3 is 11.5 Å². The standard InChI is InChI=1S/C45H43N3OSi/c1-27(2)24-30-25-38-34-17-10-12-18-35(34)45(46(38)26-40(30)50(5,6)7)36-22-21-33-32-16-11-13-19-39(32)49-43(33)41(36)44-47(28(3)4)37-23-20-29-14-8-9-15-31(29)42(37)48(44)45/h8-23,25-28H,24H2,1-7H3/q+2. The molecule has 246 valence electrons. The van der Waals surface area contributed by atoms with Crippen LogP contribution in [0.25, 0.3) is 66.4 Å². The van der Waals surface area contributed by atoms with E-state index < -0.39 is 13.7 Å². The van der Waals surface area contributed by atoms with Crippen LogP contribution in [0.3, 0.4) is 0 Å². The number of aromatic nitrogens is 3. The lowest BCUT2D eigenvalue weighted by Gasteiger charge is -2.24. The number of furan rings is 1. The number of pyridine rings is 1. The number of fused-ring (bicyclic) bond motifs is 18. The molecule has 0 fully saturated rings. The molecule has 0 aliphatic carbocycles. The van der Waals surface area contributed by atoms with Gasteiger partial charge in [0.1, 0.15) is 11.1 Å². The summed E-state index contributed by atoms with van der Waals surface area (Å²) in [4.78, 5) is 0. The molecule has 2 aliphatic rings. The highest BCUT2D eigenvalue weighted by atomic mass is 28.3. The molecule has 0 N–H and O–H groups in total. The molecular formula is C45H43N3OSi+2. The first kappa shape index (κ1) is 29.9. The lowest BCUT2D eigenvalue weighted by Crippen LogP contribution is -2.72. The van der Waals surface area contributed by atoms with Crippen molar-refractivity contribution in [2.75, 3.05) is 0 Å². The summed E-state index contributed by atoms with van der Waals surface area (Å²) in [5.74, 6) is 1.78. The van der Waals surface area contributed by atoms with E-state index in [1.54, 1.807) is 5.19 Å². The third kappa shape index (κ3) is 3.66. The van der Waals surface area contributed by atoms with Gasteiger partial charge in [0.15, 0.2) is 22.8 Å². The van der Waals surface area contributed by atoms with Crippen LogP contribution in [0, 0.1) is 5.92 Å². The van der Waals surface area contributed by atoms with Crippen LogP contribution < -0.4 is 14.3 Å². The summed E-state index contributed by atoms with van der Waals surface area (Å²) in [7, 11) is -1.77. The van der Waals surface area contributed by atoms with Crippen LogP contribution >= 0.6 is 0 Å². The molecule has 10 rings (SSSR count). The Morgan fingerprint density at radius 3 is 2.28 bits per heavy atom. The minimum Gasteiger partial charge on any atom is -0.455 e. The molecule has 0 saturated heterocycles. The number of benzene rings is 5. The Balaban J connectivity index is 1.49. The minimum atomic E-state index is -1.77. The molecule has 0 bridgehead atoms. The summed E-state index contributed by atoms with van der Waals surface area (Å²) < 4.78 is 14.9. The molecule has 5 heteroatoms. The Kier molecular flexibility index (Phi) is 6.00. The highest BCUT2D eigenvalue weighted by Crippen LogP contribution is 2.52. The van der Waals surface area contributed by atoms with Gasteiger partial charge in [0.05, 0.1) is 30.8 Å². The predicted octanol–water partition coefficient (Wildman–Crippen LogP) is 9.85. The molecule has 0 saturated carbocycles. The van der Waals surface area contributed by atoms with E-state index in [1.807, 2.05) is 0 Å². The molecule has 50 heavy (non-hydrogen) atoms. The molecule has 8 aromatic rings. The zero-order valence-corrected chi connectivity index (χ0v) is 31.0.